The van der Waals surface area contributed by atoms with Gasteiger partial charge in [-0.05, 0) is 100 Å². The van der Waals surface area contributed by atoms with Crippen molar-refractivity contribution in [2.75, 3.05) is 44.3 Å². The number of aromatic nitrogens is 2. The molecule has 0 bridgehead atoms. The average molecular weight is 555 g/mol. The van der Waals surface area contributed by atoms with Gasteiger partial charge < -0.3 is 20.7 Å². The molecule has 39 heavy (non-hydrogen) atoms. The molecule has 3 heterocycles. The maximum absolute atomic E-state index is 13.8. The SMILES string of the molecule is Cc1cc(-c2cnc(Nc3ccc(S(=O)(=O)N(CC4CCCO4)C4CCN(C)CC4)cc3)nc2N)ccc1F. The fourth-order valence-electron chi connectivity index (χ4n) is 5.18. The Morgan fingerprint density at radius 3 is 2.54 bits per heavy atom. The summed E-state index contributed by atoms with van der Waals surface area (Å²) in [5.41, 5.74) is 8.64. The van der Waals surface area contributed by atoms with E-state index in [0.717, 1.165) is 44.3 Å². The topological polar surface area (TPSA) is 114 Å². The summed E-state index contributed by atoms with van der Waals surface area (Å²) in [5, 5.41) is 3.08. The minimum atomic E-state index is -3.72. The molecule has 2 aliphatic rings. The molecule has 2 fully saturated rings. The number of benzene rings is 2. The third-order valence-corrected chi connectivity index (χ3v) is 9.44. The van der Waals surface area contributed by atoms with Crippen LogP contribution in [0.3, 0.4) is 0 Å². The zero-order valence-electron chi connectivity index (χ0n) is 22.3. The lowest BCUT2D eigenvalue weighted by Crippen LogP contribution is -2.49. The number of nitrogens with two attached hydrogens (primary N) is 1. The molecule has 2 aromatic carbocycles. The quantitative estimate of drug-likeness (QED) is 0.426. The van der Waals surface area contributed by atoms with Crippen molar-refractivity contribution in [3.05, 3.63) is 60.0 Å². The van der Waals surface area contributed by atoms with Crippen LogP contribution in [-0.4, -0.2) is 73.0 Å². The van der Waals surface area contributed by atoms with Gasteiger partial charge in [0.2, 0.25) is 16.0 Å². The molecule has 3 aromatic rings. The number of rotatable bonds is 8. The van der Waals surface area contributed by atoms with Crippen molar-refractivity contribution >= 4 is 27.5 Å². The molecule has 0 spiro atoms. The van der Waals surface area contributed by atoms with Gasteiger partial charge in [-0.2, -0.15) is 9.29 Å². The highest BCUT2D eigenvalue weighted by molar-refractivity contribution is 7.89. The minimum absolute atomic E-state index is 0.0482. The zero-order valence-corrected chi connectivity index (χ0v) is 23.1. The van der Waals surface area contributed by atoms with Crippen molar-refractivity contribution in [1.82, 2.24) is 19.2 Å². The number of hydrogen-bond donors (Lipinski definition) is 2. The second-order valence-electron chi connectivity index (χ2n) is 10.4. The molecular formula is C28H35FN6O3S. The first kappa shape index (κ1) is 27.4. The Kier molecular flexibility index (Phi) is 8.13. The molecule has 11 heteroatoms. The number of nitrogens with one attached hydrogen (secondary N) is 1. The predicted octanol–water partition coefficient (Wildman–Crippen LogP) is 4.18. The average Bonchev–Trinajstić information content (AvgIpc) is 3.44. The van der Waals surface area contributed by atoms with Gasteiger partial charge in [0.05, 0.1) is 11.0 Å². The number of likely N-dealkylation sites (tertiary alicyclic amines) is 1. The molecule has 0 amide bonds. The van der Waals surface area contributed by atoms with Crippen LogP contribution < -0.4 is 11.1 Å². The number of piperidine rings is 1. The Hall–Kier alpha value is -3.12. The van der Waals surface area contributed by atoms with Crippen LogP contribution >= 0.6 is 0 Å². The van der Waals surface area contributed by atoms with Gasteiger partial charge in [-0.25, -0.2) is 17.8 Å². The van der Waals surface area contributed by atoms with Gasteiger partial charge in [-0.1, -0.05) is 6.07 Å². The van der Waals surface area contributed by atoms with E-state index in [0.29, 0.717) is 30.0 Å². The lowest BCUT2D eigenvalue weighted by molar-refractivity contribution is 0.0760. The lowest BCUT2D eigenvalue weighted by atomic mass is 10.1. The molecular weight excluding hydrogens is 519 g/mol. The van der Waals surface area contributed by atoms with Gasteiger partial charge in [0.25, 0.3) is 0 Å². The van der Waals surface area contributed by atoms with Gasteiger partial charge in [0.1, 0.15) is 11.6 Å². The van der Waals surface area contributed by atoms with Crippen LogP contribution in [0.5, 0.6) is 0 Å². The molecule has 3 N–H and O–H groups in total. The summed E-state index contributed by atoms with van der Waals surface area (Å²) < 4.78 is 48.7. The number of nitrogen functional groups attached to an aromatic ring is 1. The van der Waals surface area contributed by atoms with Crippen LogP contribution in [0.15, 0.2) is 53.6 Å². The van der Waals surface area contributed by atoms with Crippen molar-refractivity contribution in [3.63, 3.8) is 0 Å². The second kappa shape index (κ2) is 11.5. The van der Waals surface area contributed by atoms with Crippen LogP contribution in [0.25, 0.3) is 11.1 Å². The van der Waals surface area contributed by atoms with E-state index in [1.54, 1.807) is 53.8 Å². The summed E-state index contributed by atoms with van der Waals surface area (Å²) in [4.78, 5) is 11.2. The number of hydrogen-bond acceptors (Lipinski definition) is 8. The van der Waals surface area contributed by atoms with Crippen molar-refractivity contribution in [2.24, 2.45) is 0 Å². The summed E-state index contributed by atoms with van der Waals surface area (Å²) in [5.74, 6) is 0.237. The molecule has 0 saturated carbocycles. The van der Waals surface area contributed by atoms with Crippen molar-refractivity contribution in [1.29, 1.82) is 0 Å². The van der Waals surface area contributed by atoms with E-state index in [4.69, 9.17) is 10.5 Å². The Balaban J connectivity index is 1.32. The molecule has 2 saturated heterocycles. The maximum Gasteiger partial charge on any atom is 0.243 e. The number of nitrogens with zero attached hydrogens (tertiary/aromatic N) is 4. The Morgan fingerprint density at radius 2 is 1.90 bits per heavy atom. The fourth-order valence-corrected chi connectivity index (χ4v) is 6.90. The smallest absolute Gasteiger partial charge is 0.243 e. The maximum atomic E-state index is 13.8. The third-order valence-electron chi connectivity index (χ3n) is 7.51. The monoisotopic (exact) mass is 554 g/mol. The van der Waals surface area contributed by atoms with Crippen LogP contribution in [-0.2, 0) is 14.8 Å². The summed E-state index contributed by atoms with van der Waals surface area (Å²) in [6, 6.07) is 11.3. The highest BCUT2D eigenvalue weighted by Crippen LogP contribution is 2.29. The highest BCUT2D eigenvalue weighted by atomic mass is 32.2. The Bertz CT molecular complexity index is 1410. The first-order chi connectivity index (χ1) is 18.7. The van der Waals surface area contributed by atoms with E-state index < -0.39 is 10.0 Å². The lowest BCUT2D eigenvalue weighted by Gasteiger charge is -2.37. The summed E-state index contributed by atoms with van der Waals surface area (Å²) >= 11 is 0. The van der Waals surface area contributed by atoms with Gasteiger partial charge in [-0.3, -0.25) is 0 Å². The van der Waals surface area contributed by atoms with Crippen LogP contribution in [0.2, 0.25) is 0 Å². The largest absolute Gasteiger partial charge is 0.383 e. The molecule has 2 aliphatic heterocycles. The molecule has 9 nitrogen and oxygen atoms in total. The fraction of sp³-hybridized carbons (Fsp3) is 0.429. The van der Waals surface area contributed by atoms with E-state index in [1.165, 1.54) is 6.07 Å². The number of halogens is 1. The molecule has 208 valence electrons. The van der Waals surface area contributed by atoms with Crippen molar-refractivity contribution in [2.45, 2.75) is 49.6 Å². The second-order valence-corrected chi connectivity index (χ2v) is 12.2. The van der Waals surface area contributed by atoms with E-state index in [-0.39, 0.29) is 34.6 Å². The molecule has 1 atom stereocenters. The number of anilines is 3. The molecule has 0 radical (unpaired) electrons. The first-order valence-corrected chi connectivity index (χ1v) is 14.7. The highest BCUT2D eigenvalue weighted by Gasteiger charge is 2.35. The van der Waals surface area contributed by atoms with Gasteiger partial charge >= 0.3 is 0 Å². The number of sulfonamides is 1. The van der Waals surface area contributed by atoms with E-state index in [1.807, 2.05) is 0 Å². The molecule has 1 unspecified atom stereocenters. The Morgan fingerprint density at radius 1 is 1.15 bits per heavy atom. The molecule has 5 rings (SSSR count). The summed E-state index contributed by atoms with van der Waals surface area (Å²) in [6.45, 7) is 4.49. The normalized spacial score (nSPS) is 19.0. The molecule has 0 aliphatic carbocycles. The van der Waals surface area contributed by atoms with Crippen LogP contribution in [0.4, 0.5) is 21.8 Å². The summed E-state index contributed by atoms with van der Waals surface area (Å²) in [7, 11) is -1.65. The Labute approximate surface area is 229 Å². The minimum Gasteiger partial charge on any atom is -0.383 e. The van der Waals surface area contributed by atoms with E-state index in [9.17, 15) is 12.8 Å². The molecule has 1 aromatic heterocycles. The van der Waals surface area contributed by atoms with Crippen molar-refractivity contribution < 1.29 is 17.5 Å². The first-order valence-electron chi connectivity index (χ1n) is 13.3. The standard InChI is InChI=1S/C28H35FN6O3S/c1-19-16-20(5-10-26(19)29)25-17-31-28(33-27(25)30)32-21-6-8-24(9-7-21)39(36,37)35(18-23-4-3-15-38-23)22-11-13-34(2)14-12-22/h5-10,16-17,22-23H,3-4,11-15,18H2,1-2H3,(H3,30,31,32,33). The van der Waals surface area contributed by atoms with Gasteiger partial charge in [0.15, 0.2) is 0 Å². The van der Waals surface area contributed by atoms with Crippen molar-refractivity contribution in [3.8, 4) is 11.1 Å². The van der Waals surface area contributed by atoms with Gasteiger partial charge in [0, 0.05) is 36.6 Å². The van der Waals surface area contributed by atoms with E-state index in [2.05, 4.69) is 27.2 Å². The zero-order chi connectivity index (χ0) is 27.6. The predicted molar refractivity (Wildman–Crippen MR) is 150 cm³/mol. The van der Waals surface area contributed by atoms with E-state index >= 15 is 0 Å². The van der Waals surface area contributed by atoms with Crippen LogP contribution in [0.1, 0.15) is 31.2 Å². The summed E-state index contributed by atoms with van der Waals surface area (Å²) in [6.07, 6.45) is 4.96. The third kappa shape index (κ3) is 6.22. The number of ether oxygens (including phenoxy) is 1. The van der Waals surface area contributed by atoms with Crippen LogP contribution in [0, 0.1) is 12.7 Å². The van der Waals surface area contributed by atoms with Gasteiger partial charge in [-0.15, -0.1) is 0 Å². The number of aryl methyl sites for hydroxylation is 1.